The van der Waals surface area contributed by atoms with E-state index < -0.39 is 0 Å². The second kappa shape index (κ2) is 4.13. The van der Waals surface area contributed by atoms with Crippen LogP contribution in [0.4, 0.5) is 0 Å². The fourth-order valence-corrected chi connectivity index (χ4v) is 3.32. The summed E-state index contributed by atoms with van der Waals surface area (Å²) in [6.45, 7) is 1.96. The lowest BCUT2D eigenvalue weighted by Crippen LogP contribution is -2.21. The van der Waals surface area contributed by atoms with Crippen molar-refractivity contribution < 1.29 is 9.90 Å². The van der Waals surface area contributed by atoms with E-state index in [4.69, 9.17) is 11.6 Å². The van der Waals surface area contributed by atoms with Gasteiger partial charge in [0.05, 0.1) is 5.57 Å². The van der Waals surface area contributed by atoms with Gasteiger partial charge >= 0.3 is 0 Å². The summed E-state index contributed by atoms with van der Waals surface area (Å²) < 4.78 is 0. The van der Waals surface area contributed by atoms with Gasteiger partial charge in [-0.15, -0.1) is 0 Å². The molecule has 2 bridgehead atoms. The Bertz CT molecular complexity index is 560. The molecule has 3 rings (SSSR count). The lowest BCUT2D eigenvalue weighted by molar-refractivity contribution is -0.117. The van der Waals surface area contributed by atoms with E-state index in [2.05, 4.69) is 0 Å². The van der Waals surface area contributed by atoms with Gasteiger partial charge in [0.15, 0.2) is 5.78 Å². The molecule has 0 heterocycles. The monoisotopic (exact) mass is 262 g/mol. The van der Waals surface area contributed by atoms with E-state index in [1.807, 2.05) is 19.1 Å². The summed E-state index contributed by atoms with van der Waals surface area (Å²) in [7, 11) is 0. The molecule has 0 spiro atoms. The van der Waals surface area contributed by atoms with Crippen LogP contribution in [0.5, 0.6) is 0 Å². The number of Topliss-reactive ketones (excluding diaryl/α,β-unsaturated/α-hetero) is 1. The number of carbonyl (C=O) groups excluding carboxylic acids is 1. The van der Waals surface area contributed by atoms with Gasteiger partial charge in [-0.1, -0.05) is 23.2 Å². The summed E-state index contributed by atoms with van der Waals surface area (Å²) >= 11 is 6.18. The van der Waals surface area contributed by atoms with E-state index in [9.17, 15) is 9.90 Å². The zero-order valence-electron chi connectivity index (χ0n) is 10.2. The molecular weight excluding hydrogens is 248 g/mol. The van der Waals surface area contributed by atoms with Gasteiger partial charge in [-0.3, -0.25) is 4.79 Å². The summed E-state index contributed by atoms with van der Waals surface area (Å²) in [5.41, 5.74) is 2.19. The summed E-state index contributed by atoms with van der Waals surface area (Å²) in [6, 6.07) is 5.58. The minimum absolute atomic E-state index is 0.0637. The Balaban J connectivity index is 2.18. The van der Waals surface area contributed by atoms with Crippen LogP contribution in [-0.2, 0) is 4.79 Å². The maximum Gasteiger partial charge on any atom is 0.170 e. The molecule has 0 saturated heterocycles. The number of aliphatic hydroxyl groups is 1. The second-order valence-corrected chi connectivity index (χ2v) is 5.72. The topological polar surface area (TPSA) is 37.3 Å². The van der Waals surface area contributed by atoms with Crippen LogP contribution in [0.1, 0.15) is 30.4 Å². The third kappa shape index (κ3) is 1.67. The number of allylic oxidation sites excluding steroid dienone is 2. The van der Waals surface area contributed by atoms with Crippen molar-refractivity contribution >= 4 is 23.0 Å². The SMILES string of the molecule is Cc1ccc(Cl)c(C2=C(O)[C@H]3CCC(C3)C2=O)c1. The van der Waals surface area contributed by atoms with Crippen molar-refractivity contribution in [2.24, 2.45) is 11.8 Å². The molecule has 1 N–H and O–H groups in total. The maximum atomic E-state index is 12.4. The zero-order valence-corrected chi connectivity index (χ0v) is 11.0. The Labute approximate surface area is 111 Å². The Morgan fingerprint density at radius 1 is 1.28 bits per heavy atom. The molecule has 2 nitrogen and oxygen atoms in total. The second-order valence-electron chi connectivity index (χ2n) is 5.31. The number of rotatable bonds is 1. The highest BCUT2D eigenvalue weighted by Gasteiger charge is 2.41. The van der Waals surface area contributed by atoms with E-state index in [0.29, 0.717) is 16.2 Å². The van der Waals surface area contributed by atoms with Gasteiger partial charge in [-0.2, -0.15) is 0 Å². The minimum atomic E-state index is 0.0637. The van der Waals surface area contributed by atoms with Crippen molar-refractivity contribution in [1.29, 1.82) is 0 Å². The Morgan fingerprint density at radius 3 is 2.78 bits per heavy atom. The van der Waals surface area contributed by atoms with Gasteiger partial charge in [0.1, 0.15) is 5.76 Å². The Kier molecular flexibility index (Phi) is 2.70. The number of ketones is 1. The fraction of sp³-hybridized carbons (Fsp3) is 0.400. The number of carbonyl (C=O) groups is 1. The Morgan fingerprint density at radius 2 is 2.00 bits per heavy atom. The molecule has 1 fully saturated rings. The number of aliphatic hydroxyl groups excluding tert-OH is 1. The third-order valence-corrected chi connectivity index (χ3v) is 4.41. The molecule has 1 aromatic carbocycles. The van der Waals surface area contributed by atoms with Crippen LogP contribution in [0.2, 0.25) is 5.02 Å². The van der Waals surface area contributed by atoms with E-state index in [1.165, 1.54) is 0 Å². The predicted octanol–water partition coefficient (Wildman–Crippen LogP) is 3.92. The predicted molar refractivity (Wildman–Crippen MR) is 71.6 cm³/mol. The third-order valence-electron chi connectivity index (χ3n) is 4.08. The van der Waals surface area contributed by atoms with Crippen LogP contribution in [0.15, 0.2) is 24.0 Å². The molecule has 0 aromatic heterocycles. The molecule has 1 aromatic rings. The quantitative estimate of drug-likeness (QED) is 0.833. The number of benzene rings is 1. The first kappa shape index (κ1) is 11.8. The highest BCUT2D eigenvalue weighted by molar-refractivity contribution is 6.35. The summed E-state index contributed by atoms with van der Waals surface area (Å²) in [5.74, 6) is 0.548. The van der Waals surface area contributed by atoms with Crippen LogP contribution in [0.3, 0.4) is 0 Å². The first-order valence-corrected chi connectivity index (χ1v) is 6.69. The molecular formula is C15H15ClO2. The van der Waals surface area contributed by atoms with Gasteiger partial charge in [0.2, 0.25) is 0 Å². The molecule has 18 heavy (non-hydrogen) atoms. The maximum absolute atomic E-state index is 12.4. The summed E-state index contributed by atoms with van der Waals surface area (Å²) in [6.07, 6.45) is 2.60. The lowest BCUT2D eigenvalue weighted by Gasteiger charge is -2.22. The van der Waals surface area contributed by atoms with Crippen molar-refractivity contribution in [2.45, 2.75) is 26.2 Å². The average molecular weight is 263 g/mol. The molecule has 2 atom stereocenters. The summed E-state index contributed by atoms with van der Waals surface area (Å²) in [4.78, 5) is 12.4. The number of hydrogen-bond acceptors (Lipinski definition) is 2. The van der Waals surface area contributed by atoms with Gasteiger partial charge in [0, 0.05) is 22.4 Å². The highest BCUT2D eigenvalue weighted by Crippen LogP contribution is 2.46. The highest BCUT2D eigenvalue weighted by atomic mass is 35.5. The first-order valence-electron chi connectivity index (χ1n) is 6.32. The van der Waals surface area contributed by atoms with E-state index >= 15 is 0 Å². The van der Waals surface area contributed by atoms with E-state index in [0.717, 1.165) is 24.8 Å². The van der Waals surface area contributed by atoms with Gasteiger partial charge in [-0.05, 0) is 38.3 Å². The molecule has 2 aliphatic carbocycles. The van der Waals surface area contributed by atoms with Gasteiger partial charge in [0.25, 0.3) is 0 Å². The van der Waals surface area contributed by atoms with Crippen molar-refractivity contribution in [1.82, 2.24) is 0 Å². The van der Waals surface area contributed by atoms with Crippen molar-refractivity contribution in [2.75, 3.05) is 0 Å². The van der Waals surface area contributed by atoms with Crippen LogP contribution >= 0.6 is 11.6 Å². The normalized spacial score (nSPS) is 26.9. The standard InChI is InChI=1S/C15H15ClO2/c1-8-2-5-12(16)11(6-8)13-14(17)9-3-4-10(7-9)15(13)18/h2,5-6,9-10,17H,3-4,7H2,1H3/t9-,10?/m0/s1. The molecule has 0 radical (unpaired) electrons. The van der Waals surface area contributed by atoms with Crippen molar-refractivity contribution in [3.05, 3.63) is 40.1 Å². The van der Waals surface area contributed by atoms with E-state index in [-0.39, 0.29) is 23.4 Å². The van der Waals surface area contributed by atoms with Crippen LogP contribution in [0.25, 0.3) is 5.57 Å². The Hall–Kier alpha value is -1.28. The lowest BCUT2D eigenvalue weighted by atomic mass is 9.83. The van der Waals surface area contributed by atoms with Crippen LogP contribution < -0.4 is 0 Å². The molecule has 0 aliphatic heterocycles. The van der Waals surface area contributed by atoms with E-state index in [1.54, 1.807) is 6.07 Å². The van der Waals surface area contributed by atoms with Crippen LogP contribution in [0, 0.1) is 18.8 Å². The first-order chi connectivity index (χ1) is 8.58. The fourth-order valence-electron chi connectivity index (χ4n) is 3.10. The van der Waals surface area contributed by atoms with Gasteiger partial charge < -0.3 is 5.11 Å². The number of fused-ring (bicyclic) bond motifs is 2. The molecule has 1 saturated carbocycles. The molecule has 0 amide bonds. The average Bonchev–Trinajstić information content (AvgIpc) is 2.78. The van der Waals surface area contributed by atoms with Crippen molar-refractivity contribution in [3.63, 3.8) is 0 Å². The summed E-state index contributed by atoms with van der Waals surface area (Å²) in [5, 5.41) is 10.8. The number of aryl methyl sites for hydroxylation is 1. The molecule has 94 valence electrons. The molecule has 2 aliphatic rings. The van der Waals surface area contributed by atoms with Crippen molar-refractivity contribution in [3.8, 4) is 0 Å². The largest absolute Gasteiger partial charge is 0.511 e. The van der Waals surface area contributed by atoms with Crippen LogP contribution in [-0.4, -0.2) is 10.9 Å². The zero-order chi connectivity index (χ0) is 12.9. The minimum Gasteiger partial charge on any atom is -0.511 e. The van der Waals surface area contributed by atoms with Gasteiger partial charge in [-0.25, -0.2) is 0 Å². The number of halogens is 1. The molecule has 3 heteroatoms. The smallest absolute Gasteiger partial charge is 0.170 e. The molecule has 1 unspecified atom stereocenters. The number of hydrogen-bond donors (Lipinski definition) is 1.